The quantitative estimate of drug-likeness (QED) is 0.163. The predicted molar refractivity (Wildman–Crippen MR) is 161 cm³/mol. The van der Waals surface area contributed by atoms with Gasteiger partial charge >= 0.3 is 5.97 Å². The molecular formula is C33H48N2O4. The van der Waals surface area contributed by atoms with Crippen molar-refractivity contribution in [1.82, 2.24) is 9.47 Å². The molecule has 1 aromatic carbocycles. The number of nitrogens with zero attached hydrogens (tertiary/aromatic N) is 2. The number of carbonyl (C=O) groups is 2. The van der Waals surface area contributed by atoms with Gasteiger partial charge in [-0.25, -0.2) is 4.79 Å². The fraction of sp³-hybridized carbons (Fsp3) is 0.515. The van der Waals surface area contributed by atoms with E-state index in [9.17, 15) is 9.59 Å². The van der Waals surface area contributed by atoms with E-state index in [2.05, 4.69) is 45.4 Å². The lowest BCUT2D eigenvalue weighted by Gasteiger charge is -2.28. The Morgan fingerprint density at radius 1 is 1.10 bits per heavy atom. The first-order chi connectivity index (χ1) is 18.9. The highest BCUT2D eigenvalue weighted by atomic mass is 16.5. The number of ether oxygens (including phenoxy) is 2. The normalized spacial score (nSPS) is 14.4. The Morgan fingerprint density at radius 2 is 1.79 bits per heavy atom. The van der Waals surface area contributed by atoms with Gasteiger partial charge in [-0.2, -0.15) is 0 Å². The monoisotopic (exact) mass is 536 g/mol. The van der Waals surface area contributed by atoms with Gasteiger partial charge in [0.2, 0.25) is 0 Å². The summed E-state index contributed by atoms with van der Waals surface area (Å²) in [6.07, 6.45) is 11.4. The highest BCUT2D eigenvalue weighted by Gasteiger charge is 2.26. The molecular weight excluding hydrogens is 488 g/mol. The minimum absolute atomic E-state index is 0.0258. The molecule has 1 fully saturated rings. The van der Waals surface area contributed by atoms with E-state index in [1.165, 1.54) is 19.1 Å². The molecule has 2 aromatic rings. The first-order valence-electron chi connectivity index (χ1n) is 14.4. The number of allylic oxidation sites excluding steroid dienone is 3. The number of esters is 1. The van der Waals surface area contributed by atoms with Gasteiger partial charge in [0.1, 0.15) is 0 Å². The molecule has 0 radical (unpaired) electrons. The summed E-state index contributed by atoms with van der Waals surface area (Å²) >= 11 is 0. The van der Waals surface area contributed by atoms with Crippen LogP contribution in [-0.4, -0.2) is 54.8 Å². The van der Waals surface area contributed by atoms with Crippen molar-refractivity contribution in [3.05, 3.63) is 72.0 Å². The summed E-state index contributed by atoms with van der Waals surface area (Å²) in [6, 6.07) is 5.78. The number of morpholine rings is 1. The van der Waals surface area contributed by atoms with E-state index in [0.29, 0.717) is 57.2 Å². The third kappa shape index (κ3) is 8.18. The van der Waals surface area contributed by atoms with Crippen molar-refractivity contribution in [3.8, 4) is 0 Å². The van der Waals surface area contributed by atoms with Gasteiger partial charge < -0.3 is 18.9 Å². The Balaban J connectivity index is 0.00000170. The maximum absolute atomic E-state index is 13.6. The van der Waals surface area contributed by atoms with Crippen LogP contribution in [0.5, 0.6) is 0 Å². The highest BCUT2D eigenvalue weighted by Crippen LogP contribution is 2.38. The molecule has 1 unspecified atom stereocenters. The van der Waals surface area contributed by atoms with Crippen LogP contribution in [0.15, 0.2) is 55.2 Å². The van der Waals surface area contributed by atoms with Crippen LogP contribution in [0.4, 0.5) is 0 Å². The number of methoxy groups -OCH3 is 1. The third-order valence-corrected chi connectivity index (χ3v) is 6.94. The van der Waals surface area contributed by atoms with E-state index < -0.39 is 0 Å². The molecule has 1 amide bonds. The van der Waals surface area contributed by atoms with Crippen LogP contribution >= 0.6 is 0 Å². The Bertz CT molecular complexity index is 1140. The summed E-state index contributed by atoms with van der Waals surface area (Å²) in [5, 5.41) is 1.13. The lowest BCUT2D eigenvalue weighted by Crippen LogP contribution is -2.42. The Kier molecular flexibility index (Phi) is 13.8. The van der Waals surface area contributed by atoms with E-state index in [1.807, 2.05) is 35.3 Å². The first kappa shape index (κ1) is 32.1. The number of fused-ring (bicyclic) bond motifs is 1. The van der Waals surface area contributed by atoms with Gasteiger partial charge in [0.15, 0.2) is 0 Å². The molecule has 39 heavy (non-hydrogen) atoms. The minimum atomic E-state index is -0.371. The molecule has 1 saturated heterocycles. The molecule has 0 N–H and O–H groups in total. The predicted octanol–water partition coefficient (Wildman–Crippen LogP) is 7.23. The van der Waals surface area contributed by atoms with Crippen LogP contribution in [-0.2, 0) is 27.2 Å². The standard InChI is InChI=1S/C30H40N2O4.C3H8/c1-6-10-13-24(29(33)31-16-18-36-19-17-31)21-32-26(12-8-3)28(22(9-4)11-7-2)25-15-14-23(20-27(25)32)30(34)35-5;1-3-2/h6,8,13-15,20,22H,1,3,7,9-12,16-19,21H2,2,4-5H3;3H2,1-2H3/b24-13+;. The summed E-state index contributed by atoms with van der Waals surface area (Å²) in [5.41, 5.74) is 4.62. The molecule has 1 aliphatic rings. The topological polar surface area (TPSA) is 60.8 Å². The molecule has 0 aliphatic carbocycles. The molecule has 2 heterocycles. The molecule has 1 aromatic heterocycles. The van der Waals surface area contributed by atoms with Crippen molar-refractivity contribution >= 4 is 22.8 Å². The van der Waals surface area contributed by atoms with Crippen molar-refractivity contribution in [3.63, 3.8) is 0 Å². The van der Waals surface area contributed by atoms with Gasteiger partial charge in [-0.05, 0) is 42.9 Å². The number of hydrogen-bond acceptors (Lipinski definition) is 4. The molecule has 0 bridgehead atoms. The van der Waals surface area contributed by atoms with E-state index in [1.54, 1.807) is 6.08 Å². The average molecular weight is 537 g/mol. The van der Waals surface area contributed by atoms with Crippen LogP contribution in [0.3, 0.4) is 0 Å². The first-order valence-corrected chi connectivity index (χ1v) is 14.4. The zero-order valence-electron chi connectivity index (χ0n) is 24.8. The molecule has 1 atom stereocenters. The number of hydrogen-bond donors (Lipinski definition) is 0. The maximum Gasteiger partial charge on any atom is 0.337 e. The number of aromatic nitrogens is 1. The summed E-state index contributed by atoms with van der Waals surface area (Å²) in [7, 11) is 1.39. The third-order valence-electron chi connectivity index (χ3n) is 6.94. The van der Waals surface area contributed by atoms with Crippen molar-refractivity contribution in [2.75, 3.05) is 33.4 Å². The Labute approximate surface area is 235 Å². The SMILES string of the molecule is C=CC/C=C(\Cn1c(CC=C)c(C(CC)CCC)c2ccc(C(=O)OC)cc21)C(=O)N1CCOCC1.CCC. The molecule has 0 saturated carbocycles. The lowest BCUT2D eigenvalue weighted by molar-refractivity contribution is -0.131. The van der Waals surface area contributed by atoms with Crippen LogP contribution in [0, 0.1) is 0 Å². The Morgan fingerprint density at radius 3 is 2.36 bits per heavy atom. The summed E-state index contributed by atoms with van der Waals surface area (Å²) in [4.78, 5) is 27.9. The highest BCUT2D eigenvalue weighted by molar-refractivity contribution is 5.97. The second-order valence-electron chi connectivity index (χ2n) is 9.92. The number of benzene rings is 1. The minimum Gasteiger partial charge on any atom is -0.465 e. The fourth-order valence-electron chi connectivity index (χ4n) is 5.15. The van der Waals surface area contributed by atoms with Gasteiger partial charge in [-0.3, -0.25) is 4.79 Å². The van der Waals surface area contributed by atoms with Crippen molar-refractivity contribution in [2.24, 2.45) is 0 Å². The zero-order chi connectivity index (χ0) is 28.8. The van der Waals surface area contributed by atoms with E-state index in [0.717, 1.165) is 41.4 Å². The molecule has 214 valence electrons. The van der Waals surface area contributed by atoms with E-state index >= 15 is 0 Å². The lowest BCUT2D eigenvalue weighted by atomic mass is 9.89. The summed E-state index contributed by atoms with van der Waals surface area (Å²) in [5.74, 6) is 0.0370. The molecule has 6 heteroatoms. The van der Waals surface area contributed by atoms with Gasteiger partial charge in [-0.15, -0.1) is 13.2 Å². The van der Waals surface area contributed by atoms with E-state index in [4.69, 9.17) is 9.47 Å². The second kappa shape index (κ2) is 16.8. The van der Waals surface area contributed by atoms with Crippen LogP contribution in [0.1, 0.15) is 87.3 Å². The fourth-order valence-corrected chi connectivity index (χ4v) is 5.15. The summed E-state index contributed by atoms with van der Waals surface area (Å²) < 4.78 is 12.7. The number of amides is 1. The van der Waals surface area contributed by atoms with Crippen LogP contribution in [0.2, 0.25) is 0 Å². The van der Waals surface area contributed by atoms with Crippen molar-refractivity contribution < 1.29 is 19.1 Å². The number of carbonyl (C=O) groups excluding carboxylic acids is 2. The zero-order valence-corrected chi connectivity index (χ0v) is 24.8. The molecule has 1 aliphatic heterocycles. The largest absolute Gasteiger partial charge is 0.465 e. The second-order valence-corrected chi connectivity index (χ2v) is 9.92. The van der Waals surface area contributed by atoms with Gasteiger partial charge in [-0.1, -0.05) is 64.8 Å². The van der Waals surface area contributed by atoms with Gasteiger partial charge in [0.25, 0.3) is 5.91 Å². The Hall–Kier alpha value is -3.12. The van der Waals surface area contributed by atoms with Crippen LogP contribution in [0.25, 0.3) is 10.9 Å². The molecule has 0 spiro atoms. The van der Waals surface area contributed by atoms with Crippen molar-refractivity contribution in [2.45, 2.75) is 78.7 Å². The smallest absolute Gasteiger partial charge is 0.337 e. The van der Waals surface area contributed by atoms with Gasteiger partial charge in [0.05, 0.1) is 32.4 Å². The molecule has 3 rings (SSSR count). The average Bonchev–Trinajstić information content (AvgIpc) is 3.25. The van der Waals surface area contributed by atoms with Crippen molar-refractivity contribution in [1.29, 1.82) is 0 Å². The van der Waals surface area contributed by atoms with Crippen LogP contribution < -0.4 is 0 Å². The number of rotatable bonds is 12. The molecule has 6 nitrogen and oxygen atoms in total. The maximum atomic E-state index is 13.6. The summed E-state index contributed by atoms with van der Waals surface area (Å²) in [6.45, 7) is 19.3. The van der Waals surface area contributed by atoms with Gasteiger partial charge in [0, 0.05) is 41.7 Å². The van der Waals surface area contributed by atoms with E-state index in [-0.39, 0.29) is 11.9 Å².